The van der Waals surface area contributed by atoms with Gasteiger partial charge in [0.25, 0.3) is 0 Å². The molecule has 1 aromatic carbocycles. The number of rotatable bonds is 3. The molecule has 0 aromatic heterocycles. The highest BCUT2D eigenvalue weighted by molar-refractivity contribution is 9.08. The van der Waals surface area contributed by atoms with Gasteiger partial charge in [-0.15, -0.1) is 0 Å². The molecule has 0 fully saturated rings. The molecular formula is C11H15Br. The topological polar surface area (TPSA) is 0 Å². The zero-order valence-electron chi connectivity index (χ0n) is 7.68. The smallest absolute Gasteiger partial charge is 0.0283 e. The minimum atomic E-state index is 0.689. The summed E-state index contributed by atoms with van der Waals surface area (Å²) in [5.74, 6) is 0.689. The van der Waals surface area contributed by atoms with Crippen LogP contribution in [0.2, 0.25) is 0 Å². The highest BCUT2D eigenvalue weighted by Gasteiger charge is 2.01. The predicted octanol–water partition coefficient (Wildman–Crippen LogP) is 4.10. The maximum atomic E-state index is 3.44. The van der Waals surface area contributed by atoms with Crippen LogP contribution in [-0.2, 0) is 5.33 Å². The quantitative estimate of drug-likeness (QED) is 0.682. The molecule has 0 spiro atoms. The summed E-state index contributed by atoms with van der Waals surface area (Å²) in [6.07, 6.45) is 1.22. The van der Waals surface area contributed by atoms with E-state index in [2.05, 4.69) is 54.0 Å². The normalized spacial score (nSPS) is 12.9. The predicted molar refractivity (Wildman–Crippen MR) is 57.8 cm³/mol. The van der Waals surface area contributed by atoms with Crippen LogP contribution in [0.4, 0.5) is 0 Å². The molecule has 1 unspecified atom stereocenters. The molecule has 12 heavy (non-hydrogen) atoms. The summed E-state index contributed by atoms with van der Waals surface area (Å²) >= 11 is 3.44. The van der Waals surface area contributed by atoms with Crippen LogP contribution >= 0.6 is 15.9 Å². The Morgan fingerprint density at radius 1 is 1.25 bits per heavy atom. The molecule has 0 saturated carbocycles. The molecule has 0 aliphatic heterocycles. The van der Waals surface area contributed by atoms with Crippen molar-refractivity contribution in [2.45, 2.75) is 31.5 Å². The van der Waals surface area contributed by atoms with Crippen molar-refractivity contribution in [1.29, 1.82) is 0 Å². The van der Waals surface area contributed by atoms with Gasteiger partial charge < -0.3 is 0 Å². The van der Waals surface area contributed by atoms with Gasteiger partial charge in [0, 0.05) is 5.33 Å². The van der Waals surface area contributed by atoms with Crippen LogP contribution in [0.15, 0.2) is 24.3 Å². The Morgan fingerprint density at radius 2 is 1.83 bits per heavy atom. The maximum Gasteiger partial charge on any atom is 0.0283 e. The van der Waals surface area contributed by atoms with Crippen molar-refractivity contribution in [3.63, 3.8) is 0 Å². The molecule has 0 amide bonds. The van der Waals surface area contributed by atoms with Gasteiger partial charge in [0.15, 0.2) is 0 Å². The zero-order valence-corrected chi connectivity index (χ0v) is 9.26. The van der Waals surface area contributed by atoms with E-state index < -0.39 is 0 Å². The standard InChI is InChI=1S/C11H15Br/c1-3-9(2)11-6-4-10(8-12)5-7-11/h4-7,9H,3,8H2,1-2H3. The number of alkyl halides is 1. The Bertz CT molecular complexity index is 225. The number of hydrogen-bond acceptors (Lipinski definition) is 0. The fraction of sp³-hybridized carbons (Fsp3) is 0.455. The lowest BCUT2D eigenvalue weighted by molar-refractivity contribution is 0.733. The summed E-state index contributed by atoms with van der Waals surface area (Å²) < 4.78 is 0. The summed E-state index contributed by atoms with van der Waals surface area (Å²) in [7, 11) is 0. The van der Waals surface area contributed by atoms with Crippen molar-refractivity contribution in [1.82, 2.24) is 0 Å². The molecule has 1 atom stereocenters. The second-order valence-electron chi connectivity index (χ2n) is 3.18. The van der Waals surface area contributed by atoms with Gasteiger partial charge in [-0.05, 0) is 23.5 Å². The Morgan fingerprint density at radius 3 is 2.25 bits per heavy atom. The first-order valence-corrected chi connectivity index (χ1v) is 5.55. The van der Waals surface area contributed by atoms with Gasteiger partial charge in [-0.25, -0.2) is 0 Å². The SMILES string of the molecule is CCC(C)c1ccc(CBr)cc1. The van der Waals surface area contributed by atoms with E-state index >= 15 is 0 Å². The monoisotopic (exact) mass is 226 g/mol. The molecule has 0 aliphatic rings. The van der Waals surface area contributed by atoms with E-state index in [1.807, 2.05) is 0 Å². The van der Waals surface area contributed by atoms with Crippen molar-refractivity contribution in [3.8, 4) is 0 Å². The van der Waals surface area contributed by atoms with E-state index in [-0.39, 0.29) is 0 Å². The van der Waals surface area contributed by atoms with Crippen molar-refractivity contribution in [2.24, 2.45) is 0 Å². The zero-order chi connectivity index (χ0) is 8.97. The molecule has 0 N–H and O–H groups in total. The highest BCUT2D eigenvalue weighted by Crippen LogP contribution is 2.19. The minimum Gasteiger partial charge on any atom is -0.0876 e. The van der Waals surface area contributed by atoms with Crippen LogP contribution in [-0.4, -0.2) is 0 Å². The number of benzene rings is 1. The maximum absolute atomic E-state index is 3.44. The van der Waals surface area contributed by atoms with E-state index in [4.69, 9.17) is 0 Å². The third-order valence-corrected chi connectivity index (χ3v) is 2.96. The van der Waals surface area contributed by atoms with Crippen LogP contribution < -0.4 is 0 Å². The number of hydrogen-bond donors (Lipinski definition) is 0. The molecule has 1 aromatic rings. The van der Waals surface area contributed by atoms with Crippen LogP contribution in [0.5, 0.6) is 0 Å². The third kappa shape index (κ3) is 2.34. The van der Waals surface area contributed by atoms with Gasteiger partial charge in [0.1, 0.15) is 0 Å². The lowest BCUT2D eigenvalue weighted by Gasteiger charge is -2.08. The lowest BCUT2D eigenvalue weighted by Crippen LogP contribution is -1.90. The molecule has 0 heterocycles. The molecular weight excluding hydrogens is 212 g/mol. The largest absolute Gasteiger partial charge is 0.0876 e. The fourth-order valence-corrected chi connectivity index (χ4v) is 1.54. The molecule has 0 aliphatic carbocycles. The van der Waals surface area contributed by atoms with Gasteiger partial charge in [0.05, 0.1) is 0 Å². The third-order valence-electron chi connectivity index (χ3n) is 2.32. The first-order valence-electron chi connectivity index (χ1n) is 4.42. The van der Waals surface area contributed by atoms with Crippen LogP contribution in [0.1, 0.15) is 37.3 Å². The molecule has 66 valence electrons. The van der Waals surface area contributed by atoms with Gasteiger partial charge in [-0.2, -0.15) is 0 Å². The van der Waals surface area contributed by atoms with Gasteiger partial charge >= 0.3 is 0 Å². The van der Waals surface area contributed by atoms with E-state index in [0.717, 1.165) is 5.33 Å². The second kappa shape index (κ2) is 4.66. The van der Waals surface area contributed by atoms with Gasteiger partial charge in [-0.3, -0.25) is 0 Å². The summed E-state index contributed by atoms with van der Waals surface area (Å²) in [6.45, 7) is 4.49. The summed E-state index contributed by atoms with van der Waals surface area (Å²) in [4.78, 5) is 0. The van der Waals surface area contributed by atoms with Gasteiger partial charge in [0.2, 0.25) is 0 Å². The average Bonchev–Trinajstić information content (AvgIpc) is 2.17. The Labute approximate surface area is 83.1 Å². The first kappa shape index (κ1) is 9.79. The van der Waals surface area contributed by atoms with Crippen molar-refractivity contribution in [2.75, 3.05) is 0 Å². The van der Waals surface area contributed by atoms with Crippen LogP contribution in [0.25, 0.3) is 0 Å². The van der Waals surface area contributed by atoms with Gasteiger partial charge in [-0.1, -0.05) is 54.0 Å². The van der Waals surface area contributed by atoms with Crippen molar-refractivity contribution in [3.05, 3.63) is 35.4 Å². The molecule has 0 bridgehead atoms. The molecule has 0 radical (unpaired) electrons. The van der Waals surface area contributed by atoms with Crippen molar-refractivity contribution < 1.29 is 0 Å². The molecule has 0 saturated heterocycles. The molecule has 0 nitrogen and oxygen atoms in total. The Kier molecular flexibility index (Phi) is 3.80. The van der Waals surface area contributed by atoms with Crippen LogP contribution in [0, 0.1) is 0 Å². The van der Waals surface area contributed by atoms with E-state index in [9.17, 15) is 0 Å². The Hall–Kier alpha value is -0.300. The second-order valence-corrected chi connectivity index (χ2v) is 3.75. The molecule has 1 rings (SSSR count). The molecule has 1 heteroatoms. The summed E-state index contributed by atoms with van der Waals surface area (Å²) in [5.41, 5.74) is 2.80. The average molecular weight is 227 g/mol. The van der Waals surface area contributed by atoms with Crippen molar-refractivity contribution >= 4 is 15.9 Å². The lowest BCUT2D eigenvalue weighted by atomic mass is 9.98. The fourth-order valence-electron chi connectivity index (χ4n) is 1.17. The van der Waals surface area contributed by atoms with E-state index in [1.54, 1.807) is 0 Å². The summed E-state index contributed by atoms with van der Waals surface area (Å²) in [6, 6.07) is 8.84. The van der Waals surface area contributed by atoms with E-state index in [1.165, 1.54) is 17.5 Å². The minimum absolute atomic E-state index is 0.689. The van der Waals surface area contributed by atoms with E-state index in [0.29, 0.717) is 5.92 Å². The highest BCUT2D eigenvalue weighted by atomic mass is 79.9. The van der Waals surface area contributed by atoms with Crippen LogP contribution in [0.3, 0.4) is 0 Å². The number of halogens is 1. The summed E-state index contributed by atoms with van der Waals surface area (Å²) in [5, 5.41) is 0.952. The Balaban J connectivity index is 2.77. The first-order chi connectivity index (χ1) is 5.77.